The van der Waals surface area contributed by atoms with Crippen LogP contribution in [0.3, 0.4) is 0 Å². The van der Waals surface area contributed by atoms with Gasteiger partial charge in [0.25, 0.3) is 0 Å². The van der Waals surface area contributed by atoms with Crippen LogP contribution >= 0.6 is 0 Å². The molecule has 15 heavy (non-hydrogen) atoms. The Morgan fingerprint density at radius 1 is 1.40 bits per heavy atom. The predicted molar refractivity (Wildman–Crippen MR) is 60.7 cm³/mol. The highest BCUT2D eigenvalue weighted by atomic mass is 16.5. The van der Waals surface area contributed by atoms with Crippen molar-refractivity contribution in [1.29, 1.82) is 0 Å². The van der Waals surface area contributed by atoms with Crippen molar-refractivity contribution in [2.75, 3.05) is 13.2 Å². The predicted octanol–water partition coefficient (Wildman–Crippen LogP) is 2.71. The van der Waals surface area contributed by atoms with E-state index in [1.807, 2.05) is 6.07 Å². The summed E-state index contributed by atoms with van der Waals surface area (Å²) in [6, 6.07) is 1.98. The lowest BCUT2D eigenvalue weighted by Gasteiger charge is -2.04. The summed E-state index contributed by atoms with van der Waals surface area (Å²) in [4.78, 5) is 0. The topological polar surface area (TPSA) is 34.4 Å². The second-order valence-corrected chi connectivity index (χ2v) is 3.56. The van der Waals surface area contributed by atoms with Crippen LogP contribution in [0.15, 0.2) is 16.7 Å². The number of furan rings is 1. The molecule has 1 heterocycles. The zero-order chi connectivity index (χ0) is 10.9. The highest BCUT2D eigenvalue weighted by Gasteiger charge is 2.05. The summed E-state index contributed by atoms with van der Waals surface area (Å²) in [7, 11) is 0. The molecular weight excluding hydrogens is 190 g/mol. The van der Waals surface area contributed by atoms with Gasteiger partial charge >= 0.3 is 0 Å². The third-order valence-corrected chi connectivity index (χ3v) is 2.27. The first-order valence-corrected chi connectivity index (χ1v) is 5.72. The van der Waals surface area contributed by atoms with E-state index in [1.165, 1.54) is 6.42 Å². The molecule has 0 aliphatic heterocycles. The van der Waals surface area contributed by atoms with Crippen molar-refractivity contribution < 1.29 is 9.15 Å². The van der Waals surface area contributed by atoms with Gasteiger partial charge < -0.3 is 14.5 Å². The summed E-state index contributed by atoms with van der Waals surface area (Å²) >= 11 is 0. The SMILES string of the molecule is CCCCOCc1ccoc1CNCC. The maximum Gasteiger partial charge on any atom is 0.123 e. The lowest BCUT2D eigenvalue weighted by atomic mass is 10.2. The second-order valence-electron chi connectivity index (χ2n) is 3.56. The van der Waals surface area contributed by atoms with E-state index >= 15 is 0 Å². The quantitative estimate of drug-likeness (QED) is 0.671. The lowest BCUT2D eigenvalue weighted by molar-refractivity contribution is 0.116. The summed E-state index contributed by atoms with van der Waals surface area (Å²) < 4.78 is 10.9. The minimum absolute atomic E-state index is 0.664. The molecule has 3 heteroatoms. The van der Waals surface area contributed by atoms with Gasteiger partial charge in [-0.2, -0.15) is 0 Å². The average molecular weight is 211 g/mol. The molecule has 86 valence electrons. The summed E-state index contributed by atoms with van der Waals surface area (Å²) in [5, 5.41) is 3.24. The highest BCUT2D eigenvalue weighted by molar-refractivity contribution is 5.15. The number of nitrogens with one attached hydrogen (secondary N) is 1. The maximum atomic E-state index is 5.55. The molecule has 1 aromatic rings. The standard InChI is InChI=1S/C12H21NO2/c1-3-5-7-14-10-11-6-8-15-12(11)9-13-4-2/h6,8,13H,3-5,7,9-10H2,1-2H3. The van der Waals surface area contributed by atoms with Crippen molar-refractivity contribution in [3.05, 3.63) is 23.7 Å². The normalized spacial score (nSPS) is 10.8. The van der Waals surface area contributed by atoms with Crippen molar-refractivity contribution in [2.45, 2.75) is 39.8 Å². The Bertz CT molecular complexity index is 258. The number of ether oxygens (including phenoxy) is 1. The number of hydrogen-bond acceptors (Lipinski definition) is 3. The maximum absolute atomic E-state index is 5.55. The van der Waals surface area contributed by atoms with Gasteiger partial charge in [0.05, 0.1) is 19.4 Å². The third-order valence-electron chi connectivity index (χ3n) is 2.27. The molecule has 0 saturated carbocycles. The molecule has 0 bridgehead atoms. The van der Waals surface area contributed by atoms with Crippen molar-refractivity contribution in [1.82, 2.24) is 5.32 Å². The zero-order valence-electron chi connectivity index (χ0n) is 9.71. The van der Waals surface area contributed by atoms with Crippen LogP contribution < -0.4 is 5.32 Å². The van der Waals surface area contributed by atoms with E-state index in [-0.39, 0.29) is 0 Å². The molecule has 0 atom stereocenters. The summed E-state index contributed by atoms with van der Waals surface area (Å²) in [6.45, 7) is 7.49. The average Bonchev–Trinajstić information content (AvgIpc) is 2.69. The van der Waals surface area contributed by atoms with E-state index in [9.17, 15) is 0 Å². The van der Waals surface area contributed by atoms with Crippen LogP contribution in [-0.4, -0.2) is 13.2 Å². The first kappa shape index (κ1) is 12.3. The van der Waals surface area contributed by atoms with Gasteiger partial charge in [-0.3, -0.25) is 0 Å². The molecule has 0 saturated heterocycles. The van der Waals surface area contributed by atoms with Crippen molar-refractivity contribution in [3.8, 4) is 0 Å². The van der Waals surface area contributed by atoms with Crippen molar-refractivity contribution in [3.63, 3.8) is 0 Å². The van der Waals surface area contributed by atoms with E-state index in [0.29, 0.717) is 6.61 Å². The monoisotopic (exact) mass is 211 g/mol. The fourth-order valence-electron chi connectivity index (χ4n) is 1.32. The Kier molecular flexibility index (Phi) is 6.12. The van der Waals surface area contributed by atoms with E-state index in [2.05, 4.69) is 19.2 Å². The highest BCUT2D eigenvalue weighted by Crippen LogP contribution is 2.11. The summed E-state index contributed by atoms with van der Waals surface area (Å²) in [6.07, 6.45) is 4.03. The molecule has 0 radical (unpaired) electrons. The van der Waals surface area contributed by atoms with E-state index in [0.717, 1.165) is 37.4 Å². The molecule has 0 aliphatic rings. The smallest absolute Gasteiger partial charge is 0.123 e. The fraction of sp³-hybridized carbons (Fsp3) is 0.667. The minimum Gasteiger partial charge on any atom is -0.468 e. The molecule has 0 aromatic carbocycles. The van der Waals surface area contributed by atoms with Gasteiger partial charge in [-0.25, -0.2) is 0 Å². The lowest BCUT2D eigenvalue weighted by Crippen LogP contribution is -2.12. The van der Waals surface area contributed by atoms with Gasteiger partial charge in [0.15, 0.2) is 0 Å². The van der Waals surface area contributed by atoms with Gasteiger partial charge in [0.2, 0.25) is 0 Å². The van der Waals surface area contributed by atoms with Crippen molar-refractivity contribution in [2.24, 2.45) is 0 Å². The molecule has 0 amide bonds. The molecule has 3 nitrogen and oxygen atoms in total. The Morgan fingerprint density at radius 2 is 2.27 bits per heavy atom. The summed E-state index contributed by atoms with van der Waals surface area (Å²) in [5.41, 5.74) is 1.16. The molecule has 0 spiro atoms. The van der Waals surface area contributed by atoms with Gasteiger partial charge in [0, 0.05) is 12.2 Å². The van der Waals surface area contributed by atoms with E-state index in [4.69, 9.17) is 9.15 Å². The van der Waals surface area contributed by atoms with Crippen LogP contribution in [0, 0.1) is 0 Å². The van der Waals surface area contributed by atoms with Crippen LogP contribution in [0.1, 0.15) is 38.0 Å². The van der Waals surface area contributed by atoms with Gasteiger partial charge in [0.1, 0.15) is 5.76 Å². The molecule has 0 fully saturated rings. The summed E-state index contributed by atoms with van der Waals surface area (Å²) in [5.74, 6) is 0.994. The molecule has 1 rings (SSSR count). The Balaban J connectivity index is 2.29. The first-order chi connectivity index (χ1) is 7.38. The number of hydrogen-bond donors (Lipinski definition) is 1. The minimum atomic E-state index is 0.664. The van der Waals surface area contributed by atoms with Crippen LogP contribution in [0.2, 0.25) is 0 Å². The van der Waals surface area contributed by atoms with Gasteiger partial charge in [-0.05, 0) is 19.0 Å². The molecule has 1 N–H and O–H groups in total. The fourth-order valence-corrected chi connectivity index (χ4v) is 1.32. The molecule has 1 aromatic heterocycles. The van der Waals surface area contributed by atoms with E-state index in [1.54, 1.807) is 6.26 Å². The largest absolute Gasteiger partial charge is 0.468 e. The third kappa shape index (κ3) is 4.49. The van der Waals surface area contributed by atoms with E-state index < -0.39 is 0 Å². The Hall–Kier alpha value is -0.800. The Morgan fingerprint density at radius 3 is 3.00 bits per heavy atom. The Labute approximate surface area is 91.8 Å². The van der Waals surface area contributed by atoms with Gasteiger partial charge in [-0.1, -0.05) is 20.3 Å². The number of unbranched alkanes of at least 4 members (excludes halogenated alkanes) is 1. The molecule has 0 unspecified atom stereocenters. The molecule has 0 aliphatic carbocycles. The first-order valence-electron chi connectivity index (χ1n) is 5.72. The van der Waals surface area contributed by atoms with Crippen LogP contribution in [0.25, 0.3) is 0 Å². The van der Waals surface area contributed by atoms with Crippen molar-refractivity contribution >= 4 is 0 Å². The molecular formula is C12H21NO2. The number of rotatable bonds is 8. The van der Waals surface area contributed by atoms with Crippen LogP contribution in [0.4, 0.5) is 0 Å². The van der Waals surface area contributed by atoms with Crippen LogP contribution in [-0.2, 0) is 17.9 Å². The zero-order valence-corrected chi connectivity index (χ0v) is 9.71. The van der Waals surface area contributed by atoms with Crippen LogP contribution in [0.5, 0.6) is 0 Å². The second kappa shape index (κ2) is 7.49. The van der Waals surface area contributed by atoms with Gasteiger partial charge in [-0.15, -0.1) is 0 Å².